The molecule has 0 bridgehead atoms. The zero-order chi connectivity index (χ0) is 14.7. The minimum atomic E-state index is -0.473. The van der Waals surface area contributed by atoms with E-state index in [1.807, 2.05) is 13.0 Å². The number of hydrogen-bond acceptors (Lipinski definition) is 2. The Balaban J connectivity index is 2.02. The molecule has 0 fully saturated rings. The average molecular weight is 332 g/mol. The number of thiophene rings is 1. The minimum Gasteiger partial charge on any atom is -0.348 e. The summed E-state index contributed by atoms with van der Waals surface area (Å²) in [7, 11) is 0. The second kappa shape index (κ2) is 6.57. The topological polar surface area (TPSA) is 29.1 Å². The van der Waals surface area contributed by atoms with E-state index in [4.69, 9.17) is 23.2 Å². The molecule has 6 heteroatoms. The van der Waals surface area contributed by atoms with Crippen LogP contribution in [0.2, 0.25) is 9.36 Å². The standard InChI is InChI=1S/C14H12Cl2FNOS/c1-8(12-5-6-13(16)20-12)18-14(19)7-9-10(15)3-2-4-11(9)17/h2-6,8H,7H2,1H3,(H,18,19). The third kappa shape index (κ3) is 3.72. The fraction of sp³-hybridized carbons (Fsp3) is 0.214. The van der Waals surface area contributed by atoms with Gasteiger partial charge in [-0.3, -0.25) is 4.79 Å². The molecule has 2 aromatic rings. The summed E-state index contributed by atoms with van der Waals surface area (Å²) in [6, 6.07) is 7.82. The first kappa shape index (κ1) is 15.3. The zero-order valence-corrected chi connectivity index (χ0v) is 12.9. The van der Waals surface area contributed by atoms with Crippen molar-refractivity contribution in [2.45, 2.75) is 19.4 Å². The summed E-state index contributed by atoms with van der Waals surface area (Å²) in [4.78, 5) is 12.9. The molecule has 1 aromatic heterocycles. The van der Waals surface area contributed by atoms with Crippen molar-refractivity contribution < 1.29 is 9.18 Å². The van der Waals surface area contributed by atoms with E-state index < -0.39 is 5.82 Å². The van der Waals surface area contributed by atoms with Crippen molar-refractivity contribution in [2.75, 3.05) is 0 Å². The maximum atomic E-state index is 13.6. The number of amides is 1. The highest BCUT2D eigenvalue weighted by molar-refractivity contribution is 7.16. The van der Waals surface area contributed by atoms with Crippen LogP contribution in [0.15, 0.2) is 30.3 Å². The lowest BCUT2D eigenvalue weighted by molar-refractivity contribution is -0.121. The Morgan fingerprint density at radius 1 is 1.35 bits per heavy atom. The largest absolute Gasteiger partial charge is 0.348 e. The molecule has 0 saturated heterocycles. The lowest BCUT2D eigenvalue weighted by atomic mass is 10.1. The van der Waals surface area contributed by atoms with Gasteiger partial charge in [0, 0.05) is 15.5 Å². The van der Waals surface area contributed by atoms with Gasteiger partial charge in [-0.25, -0.2) is 4.39 Å². The first-order valence-corrected chi connectivity index (χ1v) is 7.52. The second-order valence-electron chi connectivity index (χ2n) is 4.31. The van der Waals surface area contributed by atoms with Gasteiger partial charge in [0.25, 0.3) is 0 Å². The molecule has 20 heavy (non-hydrogen) atoms. The van der Waals surface area contributed by atoms with Crippen molar-refractivity contribution in [1.82, 2.24) is 5.32 Å². The molecule has 2 nitrogen and oxygen atoms in total. The Kier molecular flexibility index (Phi) is 5.02. The highest BCUT2D eigenvalue weighted by Crippen LogP contribution is 2.27. The molecule has 0 aliphatic heterocycles. The molecular formula is C14H12Cl2FNOS. The molecule has 2 rings (SSSR count). The molecule has 1 N–H and O–H groups in total. The average Bonchev–Trinajstić information content (AvgIpc) is 2.81. The SMILES string of the molecule is CC(NC(=O)Cc1c(F)cccc1Cl)c1ccc(Cl)s1. The van der Waals surface area contributed by atoms with E-state index in [-0.39, 0.29) is 29.0 Å². The van der Waals surface area contributed by atoms with Gasteiger partial charge in [-0.1, -0.05) is 29.3 Å². The molecule has 0 radical (unpaired) electrons. The van der Waals surface area contributed by atoms with Crippen molar-refractivity contribution in [1.29, 1.82) is 0 Å². The number of hydrogen-bond donors (Lipinski definition) is 1. The molecule has 0 spiro atoms. The van der Waals surface area contributed by atoms with Crippen LogP contribution >= 0.6 is 34.5 Å². The Hall–Kier alpha value is -1.10. The van der Waals surface area contributed by atoms with E-state index in [1.54, 1.807) is 12.1 Å². The predicted molar refractivity (Wildman–Crippen MR) is 81.0 cm³/mol. The second-order valence-corrected chi connectivity index (χ2v) is 6.46. The Morgan fingerprint density at radius 2 is 2.10 bits per heavy atom. The number of benzene rings is 1. The van der Waals surface area contributed by atoms with Crippen molar-refractivity contribution in [3.63, 3.8) is 0 Å². The van der Waals surface area contributed by atoms with Gasteiger partial charge in [0.05, 0.1) is 16.8 Å². The Labute approximate surface area is 130 Å². The summed E-state index contributed by atoms with van der Waals surface area (Å²) in [5.74, 6) is -0.756. The quantitative estimate of drug-likeness (QED) is 0.870. The maximum Gasteiger partial charge on any atom is 0.225 e. The van der Waals surface area contributed by atoms with Gasteiger partial charge in [-0.2, -0.15) is 0 Å². The Bertz CT molecular complexity index is 609. The number of nitrogens with one attached hydrogen (secondary N) is 1. The van der Waals surface area contributed by atoms with Gasteiger partial charge < -0.3 is 5.32 Å². The first-order valence-electron chi connectivity index (χ1n) is 5.95. The summed E-state index contributed by atoms with van der Waals surface area (Å²) >= 11 is 13.1. The van der Waals surface area contributed by atoms with Gasteiger partial charge in [0.2, 0.25) is 5.91 Å². The Morgan fingerprint density at radius 3 is 2.70 bits per heavy atom. The molecule has 1 heterocycles. The molecule has 1 atom stereocenters. The smallest absolute Gasteiger partial charge is 0.225 e. The molecule has 0 aliphatic rings. The summed E-state index contributed by atoms with van der Waals surface area (Å²) in [6.07, 6.45) is -0.0883. The molecular weight excluding hydrogens is 320 g/mol. The number of rotatable bonds is 4. The monoisotopic (exact) mass is 331 g/mol. The van der Waals surface area contributed by atoms with Crippen LogP contribution in [0, 0.1) is 5.82 Å². The predicted octanol–water partition coefficient (Wildman–Crippen LogP) is 4.61. The highest BCUT2D eigenvalue weighted by atomic mass is 35.5. The van der Waals surface area contributed by atoms with Crippen LogP contribution < -0.4 is 5.32 Å². The van der Waals surface area contributed by atoms with Gasteiger partial charge >= 0.3 is 0 Å². The molecule has 0 saturated carbocycles. The third-order valence-electron chi connectivity index (χ3n) is 2.80. The molecule has 1 aromatic carbocycles. The van der Waals surface area contributed by atoms with Crippen LogP contribution in [-0.2, 0) is 11.2 Å². The van der Waals surface area contributed by atoms with E-state index in [0.717, 1.165) is 4.88 Å². The number of carbonyl (C=O) groups excluding carboxylic acids is 1. The summed E-state index contributed by atoms with van der Waals surface area (Å²) < 4.78 is 14.3. The van der Waals surface area contributed by atoms with Crippen molar-refractivity contribution >= 4 is 40.4 Å². The fourth-order valence-corrected chi connectivity index (χ4v) is 3.08. The lowest BCUT2D eigenvalue weighted by Gasteiger charge is -2.13. The normalized spacial score (nSPS) is 12.2. The van der Waals surface area contributed by atoms with Gasteiger partial charge in [0.15, 0.2) is 0 Å². The van der Waals surface area contributed by atoms with Crippen LogP contribution in [0.4, 0.5) is 4.39 Å². The van der Waals surface area contributed by atoms with Crippen LogP contribution in [0.5, 0.6) is 0 Å². The van der Waals surface area contributed by atoms with E-state index in [1.165, 1.54) is 23.5 Å². The maximum absolute atomic E-state index is 13.6. The van der Waals surface area contributed by atoms with Gasteiger partial charge in [0.1, 0.15) is 5.82 Å². The van der Waals surface area contributed by atoms with Gasteiger partial charge in [-0.05, 0) is 31.2 Å². The molecule has 1 amide bonds. The van der Waals surface area contributed by atoms with Crippen LogP contribution in [-0.4, -0.2) is 5.91 Å². The third-order valence-corrected chi connectivity index (χ3v) is 4.57. The van der Waals surface area contributed by atoms with E-state index in [9.17, 15) is 9.18 Å². The van der Waals surface area contributed by atoms with Crippen molar-refractivity contribution in [3.05, 3.63) is 55.9 Å². The molecule has 0 aliphatic carbocycles. The summed E-state index contributed by atoms with van der Waals surface area (Å²) in [5, 5.41) is 3.06. The highest BCUT2D eigenvalue weighted by Gasteiger charge is 2.15. The molecule has 1 unspecified atom stereocenters. The van der Waals surface area contributed by atoms with Crippen molar-refractivity contribution in [3.8, 4) is 0 Å². The van der Waals surface area contributed by atoms with E-state index in [2.05, 4.69) is 5.32 Å². The van der Waals surface area contributed by atoms with Gasteiger partial charge in [-0.15, -0.1) is 11.3 Å². The molecule has 106 valence electrons. The zero-order valence-electron chi connectivity index (χ0n) is 10.6. The van der Waals surface area contributed by atoms with Crippen LogP contribution in [0.1, 0.15) is 23.4 Å². The summed E-state index contributed by atoms with van der Waals surface area (Å²) in [6.45, 7) is 1.85. The lowest BCUT2D eigenvalue weighted by Crippen LogP contribution is -2.28. The van der Waals surface area contributed by atoms with Crippen LogP contribution in [0.25, 0.3) is 0 Å². The van der Waals surface area contributed by atoms with E-state index in [0.29, 0.717) is 4.34 Å². The van der Waals surface area contributed by atoms with Crippen molar-refractivity contribution in [2.24, 2.45) is 0 Å². The minimum absolute atomic E-state index is 0.0883. The first-order chi connectivity index (χ1) is 9.47. The van der Waals surface area contributed by atoms with E-state index >= 15 is 0 Å². The van der Waals surface area contributed by atoms with Crippen LogP contribution in [0.3, 0.4) is 0 Å². The number of halogens is 3. The summed E-state index contributed by atoms with van der Waals surface area (Å²) in [5.41, 5.74) is 0.211. The fourth-order valence-electron chi connectivity index (χ4n) is 1.79. The number of carbonyl (C=O) groups is 1.